The molecule has 4 nitrogen and oxygen atoms in total. The average Bonchev–Trinajstić information content (AvgIpc) is 2.03. The van der Waals surface area contributed by atoms with Crippen molar-refractivity contribution in [3.63, 3.8) is 0 Å². The highest BCUT2D eigenvalue weighted by Crippen LogP contribution is 2.00. The number of carbonyl (C=O) groups excluding carboxylic acids is 1. The molecule has 0 bridgehead atoms. The van der Waals surface area contributed by atoms with Gasteiger partial charge in [-0.1, -0.05) is 0 Å². The van der Waals surface area contributed by atoms with E-state index >= 15 is 0 Å². The van der Waals surface area contributed by atoms with Crippen LogP contribution in [0.2, 0.25) is 0 Å². The molecule has 0 aliphatic carbocycles. The van der Waals surface area contributed by atoms with Gasteiger partial charge in [-0.15, -0.1) is 0 Å². The number of carbonyl (C=O) groups is 1. The van der Waals surface area contributed by atoms with Gasteiger partial charge in [0.1, 0.15) is 0 Å². The topological polar surface area (TPSA) is 60.8 Å². The van der Waals surface area contributed by atoms with E-state index < -0.39 is 0 Å². The average molecular weight is 193 g/mol. The van der Waals surface area contributed by atoms with Crippen LogP contribution in [0.25, 0.3) is 0 Å². The fourth-order valence-corrected chi connectivity index (χ4v) is 1.00. The zero-order valence-corrected chi connectivity index (χ0v) is 8.00. The summed E-state index contributed by atoms with van der Waals surface area (Å²) in [5.41, 5.74) is 0. The van der Waals surface area contributed by atoms with E-state index in [4.69, 9.17) is 10.2 Å². The third kappa shape index (κ3) is 3.94. The van der Waals surface area contributed by atoms with Crippen molar-refractivity contribution in [2.24, 2.45) is 0 Å². The molecule has 0 aliphatic heterocycles. The largest absolute Gasteiger partial charge is 0.395 e. The Morgan fingerprint density at radius 1 is 1.42 bits per heavy atom. The molecule has 12 heavy (non-hydrogen) atoms. The Morgan fingerprint density at radius 2 is 1.83 bits per heavy atom. The van der Waals surface area contributed by atoms with Gasteiger partial charge in [0.2, 0.25) is 5.91 Å². The first kappa shape index (κ1) is 11.7. The normalized spacial score (nSPS) is 12.7. The quantitative estimate of drug-likeness (QED) is 0.497. The molecule has 1 unspecified atom stereocenters. The van der Waals surface area contributed by atoms with E-state index in [1.54, 1.807) is 6.92 Å². The molecule has 0 saturated carbocycles. The Balaban J connectivity index is 3.99. The summed E-state index contributed by atoms with van der Waals surface area (Å²) in [7, 11) is 0. The lowest BCUT2D eigenvalue weighted by molar-refractivity contribution is -0.131. The van der Waals surface area contributed by atoms with Gasteiger partial charge in [-0.05, 0) is 6.92 Å². The molecule has 72 valence electrons. The van der Waals surface area contributed by atoms with Crippen molar-refractivity contribution < 1.29 is 15.0 Å². The number of nitrogens with zero attached hydrogens (tertiary/aromatic N) is 1. The van der Waals surface area contributed by atoms with Crippen LogP contribution in [0.1, 0.15) is 6.92 Å². The minimum atomic E-state index is -0.386. The van der Waals surface area contributed by atoms with Crippen molar-refractivity contribution >= 4 is 18.5 Å². The molecule has 1 amide bonds. The summed E-state index contributed by atoms with van der Waals surface area (Å²) in [6.07, 6.45) is 0. The van der Waals surface area contributed by atoms with E-state index in [1.807, 2.05) is 0 Å². The summed E-state index contributed by atoms with van der Waals surface area (Å²) in [5.74, 6) is -0.165. The summed E-state index contributed by atoms with van der Waals surface area (Å²) in [6, 6.07) is 0. The number of aliphatic hydroxyl groups excluding tert-OH is 2. The van der Waals surface area contributed by atoms with Gasteiger partial charge < -0.3 is 15.1 Å². The first-order valence-corrected chi connectivity index (χ1v) is 4.33. The van der Waals surface area contributed by atoms with Crippen LogP contribution in [0.15, 0.2) is 0 Å². The molecule has 2 N–H and O–H groups in total. The Labute approximate surface area is 77.6 Å². The fraction of sp³-hybridized carbons (Fsp3) is 0.857. The van der Waals surface area contributed by atoms with Crippen LogP contribution in [0.4, 0.5) is 0 Å². The number of amides is 1. The van der Waals surface area contributed by atoms with Crippen molar-refractivity contribution in [1.29, 1.82) is 0 Å². The van der Waals surface area contributed by atoms with Gasteiger partial charge >= 0.3 is 0 Å². The van der Waals surface area contributed by atoms with E-state index in [-0.39, 0.29) is 37.5 Å². The van der Waals surface area contributed by atoms with Gasteiger partial charge in [-0.3, -0.25) is 4.79 Å². The van der Waals surface area contributed by atoms with Gasteiger partial charge in [0, 0.05) is 13.1 Å². The van der Waals surface area contributed by atoms with E-state index in [9.17, 15) is 4.79 Å². The number of hydrogen-bond donors (Lipinski definition) is 3. The lowest BCUT2D eigenvalue weighted by Crippen LogP contribution is -2.39. The number of hydrogen-bond acceptors (Lipinski definition) is 4. The lowest BCUT2D eigenvalue weighted by atomic mass is 10.3. The molecule has 0 aromatic carbocycles. The Bertz CT molecular complexity index is 135. The first-order chi connectivity index (χ1) is 5.63. The maximum Gasteiger partial charge on any atom is 0.235 e. The molecule has 0 aromatic rings. The molecule has 0 rings (SSSR count). The second-order valence-corrected chi connectivity index (χ2v) is 3.22. The second kappa shape index (κ2) is 6.28. The van der Waals surface area contributed by atoms with Gasteiger partial charge in [0.05, 0.1) is 18.5 Å². The van der Waals surface area contributed by atoms with Gasteiger partial charge in [-0.2, -0.15) is 12.6 Å². The molecule has 0 heterocycles. The van der Waals surface area contributed by atoms with Crippen molar-refractivity contribution in [2.45, 2.75) is 12.2 Å². The number of rotatable bonds is 5. The van der Waals surface area contributed by atoms with E-state index in [0.29, 0.717) is 0 Å². The minimum Gasteiger partial charge on any atom is -0.395 e. The Kier molecular flexibility index (Phi) is 6.14. The highest BCUT2D eigenvalue weighted by Gasteiger charge is 2.15. The van der Waals surface area contributed by atoms with Crippen molar-refractivity contribution in [3.05, 3.63) is 0 Å². The molecule has 0 spiro atoms. The molecule has 0 saturated heterocycles. The second-order valence-electron chi connectivity index (χ2n) is 2.45. The summed E-state index contributed by atoms with van der Waals surface area (Å²) in [5, 5.41) is 16.8. The summed E-state index contributed by atoms with van der Waals surface area (Å²) < 4.78 is 0. The molecule has 0 radical (unpaired) electrons. The van der Waals surface area contributed by atoms with Crippen LogP contribution in [0, 0.1) is 0 Å². The van der Waals surface area contributed by atoms with Crippen LogP contribution in [0.3, 0.4) is 0 Å². The molecular weight excluding hydrogens is 178 g/mol. The maximum absolute atomic E-state index is 11.3. The van der Waals surface area contributed by atoms with Crippen LogP contribution < -0.4 is 0 Å². The smallest absolute Gasteiger partial charge is 0.235 e. The third-order valence-electron chi connectivity index (χ3n) is 1.41. The SMILES string of the molecule is CC(S)C(=O)N(CCO)CCO. The van der Waals surface area contributed by atoms with Crippen LogP contribution >= 0.6 is 12.6 Å². The molecule has 0 aliphatic rings. The predicted molar refractivity (Wildman–Crippen MR) is 49.2 cm³/mol. The third-order valence-corrected chi connectivity index (χ3v) is 1.63. The monoisotopic (exact) mass is 193 g/mol. The van der Waals surface area contributed by atoms with Crippen molar-refractivity contribution in [1.82, 2.24) is 4.90 Å². The highest BCUT2D eigenvalue weighted by atomic mass is 32.1. The standard InChI is InChI=1S/C7H15NO3S/c1-6(12)7(11)8(2-4-9)3-5-10/h6,9-10,12H,2-5H2,1H3. The van der Waals surface area contributed by atoms with E-state index in [0.717, 1.165) is 0 Å². The zero-order chi connectivity index (χ0) is 9.56. The van der Waals surface area contributed by atoms with Crippen molar-refractivity contribution in [2.75, 3.05) is 26.3 Å². The zero-order valence-electron chi connectivity index (χ0n) is 7.10. The highest BCUT2D eigenvalue weighted by molar-refractivity contribution is 7.81. The van der Waals surface area contributed by atoms with Crippen LogP contribution in [-0.4, -0.2) is 52.6 Å². The molecular formula is C7H15NO3S. The van der Waals surface area contributed by atoms with Crippen LogP contribution in [0.5, 0.6) is 0 Å². The Hall–Kier alpha value is -0.260. The molecule has 5 heteroatoms. The van der Waals surface area contributed by atoms with E-state index in [2.05, 4.69) is 12.6 Å². The summed E-state index contributed by atoms with van der Waals surface area (Å²) in [6.45, 7) is 1.99. The molecule has 0 fully saturated rings. The first-order valence-electron chi connectivity index (χ1n) is 3.82. The number of thiol groups is 1. The summed E-state index contributed by atoms with van der Waals surface area (Å²) in [4.78, 5) is 12.6. The van der Waals surface area contributed by atoms with Gasteiger partial charge in [0.15, 0.2) is 0 Å². The maximum atomic E-state index is 11.3. The predicted octanol–water partition coefficient (Wildman–Crippen LogP) is -0.882. The van der Waals surface area contributed by atoms with Gasteiger partial charge in [-0.25, -0.2) is 0 Å². The summed E-state index contributed by atoms with van der Waals surface area (Å²) >= 11 is 3.96. The molecule has 1 atom stereocenters. The van der Waals surface area contributed by atoms with Gasteiger partial charge in [0.25, 0.3) is 0 Å². The van der Waals surface area contributed by atoms with Crippen molar-refractivity contribution in [3.8, 4) is 0 Å². The fourth-order valence-electron chi connectivity index (χ4n) is 0.838. The number of aliphatic hydroxyl groups is 2. The minimum absolute atomic E-state index is 0.0910. The van der Waals surface area contributed by atoms with Crippen LogP contribution in [-0.2, 0) is 4.79 Å². The lowest BCUT2D eigenvalue weighted by Gasteiger charge is -2.21. The molecule has 0 aromatic heterocycles. The Morgan fingerprint density at radius 3 is 2.08 bits per heavy atom. The van der Waals surface area contributed by atoms with E-state index in [1.165, 1.54) is 4.90 Å².